The fourth-order valence-corrected chi connectivity index (χ4v) is 2.42. The van der Waals surface area contributed by atoms with E-state index in [1.807, 2.05) is 18.2 Å². The van der Waals surface area contributed by atoms with Crippen LogP contribution in [0.2, 0.25) is 0 Å². The molecule has 0 bridgehead atoms. The van der Waals surface area contributed by atoms with Gasteiger partial charge in [0.05, 0.1) is 46.8 Å². The number of nitrogens with zero attached hydrogens (tertiary/aromatic N) is 1. The van der Waals surface area contributed by atoms with Gasteiger partial charge in [0, 0.05) is 19.6 Å². The second-order valence-corrected chi connectivity index (χ2v) is 5.27. The molecule has 1 saturated heterocycles. The van der Waals surface area contributed by atoms with Crippen molar-refractivity contribution in [1.82, 2.24) is 4.90 Å². The summed E-state index contributed by atoms with van der Waals surface area (Å²) in [5.41, 5.74) is 0.983. The minimum Gasteiger partial charge on any atom is -0.493 e. The topological polar surface area (TPSA) is 60.4 Å². The third kappa shape index (κ3) is 5.14. The van der Waals surface area contributed by atoms with Crippen LogP contribution in [0.15, 0.2) is 18.2 Å². The molecule has 1 atom stereocenters. The molecular formula is C16H25NO5. The van der Waals surface area contributed by atoms with Crippen LogP contribution in [-0.4, -0.2) is 69.8 Å². The number of benzene rings is 1. The highest BCUT2D eigenvalue weighted by molar-refractivity contribution is 5.42. The van der Waals surface area contributed by atoms with Crippen molar-refractivity contribution in [2.45, 2.75) is 12.7 Å². The van der Waals surface area contributed by atoms with Crippen LogP contribution in [0.4, 0.5) is 0 Å². The fraction of sp³-hybridized carbons (Fsp3) is 0.625. The van der Waals surface area contributed by atoms with E-state index in [0.29, 0.717) is 31.3 Å². The number of methoxy groups -OCH3 is 2. The first kappa shape index (κ1) is 17.0. The van der Waals surface area contributed by atoms with Crippen molar-refractivity contribution in [2.75, 3.05) is 53.7 Å². The van der Waals surface area contributed by atoms with Crippen LogP contribution in [-0.2, 0) is 16.1 Å². The molecular weight excluding hydrogens is 286 g/mol. The van der Waals surface area contributed by atoms with Gasteiger partial charge in [0.1, 0.15) is 0 Å². The Balaban J connectivity index is 1.73. The molecule has 0 aliphatic carbocycles. The highest BCUT2D eigenvalue weighted by Gasteiger charge is 2.15. The van der Waals surface area contributed by atoms with Crippen LogP contribution in [0.1, 0.15) is 5.56 Å². The summed E-state index contributed by atoms with van der Waals surface area (Å²) in [6.45, 7) is 4.57. The lowest BCUT2D eigenvalue weighted by Gasteiger charge is -2.28. The van der Waals surface area contributed by atoms with Gasteiger partial charge in [0.25, 0.3) is 0 Å². The summed E-state index contributed by atoms with van der Waals surface area (Å²) >= 11 is 0. The Morgan fingerprint density at radius 2 is 1.91 bits per heavy atom. The molecule has 22 heavy (non-hydrogen) atoms. The molecule has 6 nitrogen and oxygen atoms in total. The molecule has 0 spiro atoms. The van der Waals surface area contributed by atoms with E-state index in [9.17, 15) is 5.11 Å². The first-order chi connectivity index (χ1) is 10.7. The molecule has 1 aromatic rings. The number of β-amino-alcohol motifs (C(OH)–C–C–N with tert-alkyl or cyclic N) is 1. The molecule has 1 heterocycles. The first-order valence-corrected chi connectivity index (χ1v) is 7.49. The maximum absolute atomic E-state index is 10.0. The van der Waals surface area contributed by atoms with E-state index in [-0.39, 0.29) is 0 Å². The van der Waals surface area contributed by atoms with Crippen LogP contribution >= 0.6 is 0 Å². The van der Waals surface area contributed by atoms with Gasteiger partial charge in [-0.1, -0.05) is 6.07 Å². The van der Waals surface area contributed by atoms with Crippen molar-refractivity contribution >= 4 is 0 Å². The van der Waals surface area contributed by atoms with E-state index in [4.69, 9.17) is 18.9 Å². The predicted molar refractivity (Wildman–Crippen MR) is 82.5 cm³/mol. The summed E-state index contributed by atoms with van der Waals surface area (Å²) in [6.07, 6.45) is -0.488. The standard InChI is InChI=1S/C16H25NO5/c1-19-15-4-3-13(9-16(15)20-2)11-22-12-14(18)10-17-5-7-21-8-6-17/h3-4,9,14,18H,5-8,10-12H2,1-2H3/t14-/m1/s1. The quantitative estimate of drug-likeness (QED) is 0.770. The summed E-state index contributed by atoms with van der Waals surface area (Å²) in [6, 6.07) is 5.66. The number of rotatable bonds is 8. The molecule has 0 saturated carbocycles. The van der Waals surface area contributed by atoms with E-state index < -0.39 is 6.10 Å². The molecule has 1 aromatic carbocycles. The van der Waals surface area contributed by atoms with Crippen molar-refractivity contribution in [1.29, 1.82) is 0 Å². The van der Waals surface area contributed by atoms with Crippen LogP contribution in [0.5, 0.6) is 11.5 Å². The minimum atomic E-state index is -0.488. The smallest absolute Gasteiger partial charge is 0.161 e. The van der Waals surface area contributed by atoms with Crippen molar-refractivity contribution in [3.8, 4) is 11.5 Å². The number of hydrogen-bond acceptors (Lipinski definition) is 6. The summed E-state index contributed by atoms with van der Waals surface area (Å²) in [4.78, 5) is 2.19. The first-order valence-electron chi connectivity index (χ1n) is 7.49. The van der Waals surface area contributed by atoms with Gasteiger partial charge >= 0.3 is 0 Å². The molecule has 2 rings (SSSR count). The molecule has 0 amide bonds. The SMILES string of the molecule is COc1ccc(COC[C@H](O)CN2CCOCC2)cc1OC. The Labute approximate surface area is 131 Å². The van der Waals surface area contributed by atoms with E-state index in [2.05, 4.69) is 4.90 Å². The number of morpholine rings is 1. The average molecular weight is 311 g/mol. The number of aliphatic hydroxyl groups excluding tert-OH is 1. The third-order valence-corrected chi connectivity index (χ3v) is 3.60. The molecule has 124 valence electrons. The Morgan fingerprint density at radius 3 is 2.59 bits per heavy atom. The summed E-state index contributed by atoms with van der Waals surface area (Å²) in [7, 11) is 3.21. The molecule has 0 aromatic heterocycles. The normalized spacial score (nSPS) is 17.2. The van der Waals surface area contributed by atoms with Gasteiger partial charge in [-0.25, -0.2) is 0 Å². The monoisotopic (exact) mass is 311 g/mol. The summed E-state index contributed by atoms with van der Waals surface area (Å²) < 4.78 is 21.3. The molecule has 0 radical (unpaired) electrons. The summed E-state index contributed by atoms with van der Waals surface area (Å²) in [5, 5.41) is 10.0. The summed E-state index contributed by atoms with van der Waals surface area (Å²) in [5.74, 6) is 1.37. The largest absolute Gasteiger partial charge is 0.493 e. The number of ether oxygens (including phenoxy) is 4. The van der Waals surface area contributed by atoms with Crippen LogP contribution < -0.4 is 9.47 Å². The van der Waals surface area contributed by atoms with Gasteiger partial charge in [-0.2, -0.15) is 0 Å². The van der Waals surface area contributed by atoms with Gasteiger partial charge in [-0.05, 0) is 17.7 Å². The van der Waals surface area contributed by atoms with Crippen LogP contribution in [0.25, 0.3) is 0 Å². The molecule has 1 aliphatic rings. The Hall–Kier alpha value is -1.34. The van der Waals surface area contributed by atoms with Crippen molar-refractivity contribution in [3.05, 3.63) is 23.8 Å². The van der Waals surface area contributed by atoms with Crippen LogP contribution in [0, 0.1) is 0 Å². The fourth-order valence-electron chi connectivity index (χ4n) is 2.42. The molecule has 6 heteroatoms. The van der Waals surface area contributed by atoms with Gasteiger partial charge in [0.15, 0.2) is 11.5 Å². The lowest BCUT2D eigenvalue weighted by atomic mass is 10.2. The second-order valence-electron chi connectivity index (χ2n) is 5.27. The van der Waals surface area contributed by atoms with Gasteiger partial charge in [-0.3, -0.25) is 4.90 Å². The van der Waals surface area contributed by atoms with E-state index >= 15 is 0 Å². The molecule has 1 fully saturated rings. The van der Waals surface area contributed by atoms with Gasteiger partial charge < -0.3 is 24.1 Å². The van der Waals surface area contributed by atoms with Crippen LogP contribution in [0.3, 0.4) is 0 Å². The van der Waals surface area contributed by atoms with Gasteiger partial charge in [0.2, 0.25) is 0 Å². The van der Waals surface area contributed by atoms with Crippen molar-refractivity contribution < 1.29 is 24.1 Å². The maximum atomic E-state index is 10.0. The van der Waals surface area contributed by atoms with Crippen molar-refractivity contribution in [3.63, 3.8) is 0 Å². The highest BCUT2D eigenvalue weighted by Crippen LogP contribution is 2.27. The Bertz CT molecular complexity index is 448. The van der Waals surface area contributed by atoms with E-state index in [1.165, 1.54) is 0 Å². The highest BCUT2D eigenvalue weighted by atomic mass is 16.5. The Morgan fingerprint density at radius 1 is 1.18 bits per heavy atom. The number of aliphatic hydroxyl groups is 1. The molecule has 1 N–H and O–H groups in total. The zero-order valence-corrected chi connectivity index (χ0v) is 13.3. The zero-order chi connectivity index (χ0) is 15.8. The Kier molecular flexibility index (Phi) is 6.92. The maximum Gasteiger partial charge on any atom is 0.161 e. The second kappa shape index (κ2) is 8.95. The zero-order valence-electron chi connectivity index (χ0n) is 13.3. The van der Waals surface area contributed by atoms with E-state index in [0.717, 1.165) is 31.9 Å². The predicted octanol–water partition coefficient (Wildman–Crippen LogP) is 0.913. The lowest BCUT2D eigenvalue weighted by molar-refractivity contribution is -0.0175. The minimum absolute atomic E-state index is 0.311. The average Bonchev–Trinajstić information content (AvgIpc) is 2.55. The van der Waals surface area contributed by atoms with Crippen molar-refractivity contribution in [2.24, 2.45) is 0 Å². The lowest BCUT2D eigenvalue weighted by Crippen LogP contribution is -2.42. The molecule has 0 unspecified atom stereocenters. The molecule has 1 aliphatic heterocycles. The van der Waals surface area contributed by atoms with E-state index in [1.54, 1.807) is 14.2 Å². The third-order valence-electron chi connectivity index (χ3n) is 3.60. The van der Waals surface area contributed by atoms with Gasteiger partial charge in [-0.15, -0.1) is 0 Å². The number of hydrogen-bond donors (Lipinski definition) is 1.